The van der Waals surface area contributed by atoms with Crippen molar-refractivity contribution in [1.29, 1.82) is 0 Å². The summed E-state index contributed by atoms with van der Waals surface area (Å²) >= 11 is 6.08. The summed E-state index contributed by atoms with van der Waals surface area (Å²) < 4.78 is 0. The van der Waals surface area contributed by atoms with Crippen LogP contribution in [0.15, 0.2) is 42.7 Å². The van der Waals surface area contributed by atoms with E-state index < -0.39 is 36.1 Å². The van der Waals surface area contributed by atoms with Crippen molar-refractivity contribution < 1.29 is 29.9 Å². The summed E-state index contributed by atoms with van der Waals surface area (Å²) in [6, 6.07) is 7.13. The van der Waals surface area contributed by atoms with Crippen LogP contribution in [0, 0.1) is 0 Å². The molecule has 8 nitrogen and oxygen atoms in total. The van der Waals surface area contributed by atoms with E-state index >= 15 is 0 Å². The maximum Gasteiger partial charge on any atom is 0.475 e. The third kappa shape index (κ3) is 4.72. The lowest BCUT2D eigenvalue weighted by molar-refractivity contribution is -0.121. The Morgan fingerprint density at radius 3 is 2.42 bits per heavy atom. The molecule has 1 amide bonds. The number of benzene rings is 1. The van der Waals surface area contributed by atoms with Gasteiger partial charge in [0, 0.05) is 12.4 Å². The number of carbonyl (C=O) groups excluding carboxylic acids is 1. The van der Waals surface area contributed by atoms with Crippen LogP contribution >= 0.6 is 11.6 Å². The van der Waals surface area contributed by atoms with Crippen LogP contribution in [0.3, 0.4) is 0 Å². The highest BCUT2D eigenvalue weighted by atomic mass is 35.5. The topological polar surface area (TPSA) is 140 Å². The lowest BCUT2D eigenvalue weighted by atomic mass is 9.75. The number of carboxylic acids is 1. The Morgan fingerprint density at radius 1 is 1.19 bits per heavy atom. The zero-order valence-corrected chi connectivity index (χ0v) is 14.2. The Morgan fingerprint density at radius 2 is 1.85 bits per heavy atom. The fourth-order valence-electron chi connectivity index (χ4n) is 2.34. The molecule has 0 aliphatic rings. The molecule has 0 saturated carbocycles. The average Bonchev–Trinajstić information content (AvgIpc) is 2.62. The maximum atomic E-state index is 12.3. The second-order valence-electron chi connectivity index (χ2n) is 5.49. The molecule has 136 valence electrons. The number of carboxylic acid groups (broad SMARTS) is 1. The van der Waals surface area contributed by atoms with Crippen LogP contribution in [0.5, 0.6) is 5.75 Å². The smallest absolute Gasteiger partial charge is 0.475 e. The number of aromatic nitrogens is 1. The summed E-state index contributed by atoms with van der Waals surface area (Å²) in [6.45, 7) is 0. The molecule has 0 aliphatic heterocycles. The molecule has 0 aliphatic carbocycles. The molecule has 0 bridgehead atoms. The first kappa shape index (κ1) is 19.7. The Kier molecular flexibility index (Phi) is 6.56. The van der Waals surface area contributed by atoms with Crippen molar-refractivity contribution in [3.8, 4) is 5.75 Å². The SMILES string of the molecule is O=C(O)c1cccc(CC(NC(=O)C(Cl)c2ccncc2)B(O)O)c1O. The number of nitrogens with one attached hydrogen (secondary N) is 1. The normalized spacial score (nSPS) is 12.9. The van der Waals surface area contributed by atoms with E-state index in [-0.39, 0.29) is 17.5 Å². The van der Waals surface area contributed by atoms with Gasteiger partial charge in [0.2, 0.25) is 5.91 Å². The van der Waals surface area contributed by atoms with Crippen LogP contribution in [-0.4, -0.2) is 50.2 Å². The lowest BCUT2D eigenvalue weighted by Crippen LogP contribution is -2.48. The monoisotopic (exact) mass is 378 g/mol. The molecule has 2 atom stereocenters. The fraction of sp³-hybridized carbons (Fsp3) is 0.188. The number of nitrogens with zero attached hydrogens (tertiary/aromatic N) is 1. The highest BCUT2D eigenvalue weighted by Gasteiger charge is 2.30. The van der Waals surface area contributed by atoms with Crippen LogP contribution in [0.25, 0.3) is 0 Å². The summed E-state index contributed by atoms with van der Waals surface area (Å²) in [5.74, 6) is -3.71. The fourth-order valence-corrected chi connectivity index (χ4v) is 2.54. The van der Waals surface area contributed by atoms with Crippen molar-refractivity contribution in [1.82, 2.24) is 10.3 Å². The van der Waals surface area contributed by atoms with Gasteiger partial charge >= 0.3 is 13.1 Å². The van der Waals surface area contributed by atoms with E-state index in [1.807, 2.05) is 0 Å². The molecule has 0 radical (unpaired) electrons. The molecule has 1 heterocycles. The molecule has 0 spiro atoms. The highest BCUT2D eigenvalue weighted by Crippen LogP contribution is 2.25. The van der Waals surface area contributed by atoms with E-state index in [2.05, 4.69) is 10.3 Å². The molecule has 1 aromatic heterocycles. The van der Waals surface area contributed by atoms with Gasteiger partial charge in [-0.1, -0.05) is 12.1 Å². The number of aromatic hydroxyl groups is 1. The van der Waals surface area contributed by atoms with Crippen molar-refractivity contribution >= 4 is 30.6 Å². The summed E-state index contributed by atoms with van der Waals surface area (Å²) in [7, 11) is -1.95. The Labute approximate surface area is 154 Å². The number of rotatable bonds is 7. The zero-order valence-electron chi connectivity index (χ0n) is 13.4. The first-order valence-electron chi connectivity index (χ1n) is 7.56. The number of aromatic carboxylic acids is 1. The zero-order chi connectivity index (χ0) is 19.3. The molecular weight excluding hydrogens is 362 g/mol. The van der Waals surface area contributed by atoms with Gasteiger partial charge in [0.1, 0.15) is 16.7 Å². The number of carbonyl (C=O) groups is 2. The minimum absolute atomic E-state index is 0.137. The number of halogens is 1. The van der Waals surface area contributed by atoms with Crippen molar-refractivity contribution in [2.24, 2.45) is 0 Å². The average molecular weight is 379 g/mol. The minimum Gasteiger partial charge on any atom is -0.507 e. The predicted octanol–water partition coefficient (Wildman–Crippen LogP) is 0.505. The molecule has 0 fully saturated rings. The van der Waals surface area contributed by atoms with Gasteiger partial charge in [-0.05, 0) is 35.7 Å². The molecule has 5 N–H and O–H groups in total. The standard InChI is InChI=1S/C16H16BClN2O6/c18-13(9-4-6-19-7-5-9)15(22)20-12(17(25)26)8-10-2-1-3-11(14(10)21)16(23)24/h1-7,12-13,21,25-26H,8H2,(H,20,22)(H,23,24). The van der Waals surface area contributed by atoms with E-state index in [9.17, 15) is 24.7 Å². The summed E-state index contributed by atoms with van der Waals surface area (Å²) in [5.41, 5.74) is 0.284. The van der Waals surface area contributed by atoms with Crippen LogP contribution in [0.2, 0.25) is 0 Å². The molecule has 10 heteroatoms. The Hall–Kier alpha value is -2.62. The number of amides is 1. The summed E-state index contributed by atoms with van der Waals surface area (Å²) in [5, 5.41) is 39.4. The quantitative estimate of drug-likeness (QED) is 0.349. The number of phenols is 1. The van der Waals surface area contributed by atoms with Gasteiger partial charge in [-0.2, -0.15) is 0 Å². The maximum absolute atomic E-state index is 12.3. The second-order valence-corrected chi connectivity index (χ2v) is 5.93. The highest BCUT2D eigenvalue weighted by molar-refractivity contribution is 6.44. The molecule has 1 aromatic carbocycles. The lowest BCUT2D eigenvalue weighted by Gasteiger charge is -2.20. The first-order chi connectivity index (χ1) is 12.3. The third-order valence-electron chi connectivity index (χ3n) is 3.71. The van der Waals surface area contributed by atoms with Crippen molar-refractivity contribution in [2.45, 2.75) is 17.7 Å². The van der Waals surface area contributed by atoms with Crippen LogP contribution < -0.4 is 5.32 Å². The van der Waals surface area contributed by atoms with Gasteiger partial charge in [-0.25, -0.2) is 4.79 Å². The van der Waals surface area contributed by atoms with Gasteiger partial charge in [0.25, 0.3) is 0 Å². The number of hydrogen-bond donors (Lipinski definition) is 5. The number of hydrogen-bond acceptors (Lipinski definition) is 6. The molecular formula is C16H16BClN2O6. The molecule has 0 saturated heterocycles. The van der Waals surface area contributed by atoms with Crippen LogP contribution in [-0.2, 0) is 11.2 Å². The molecule has 2 rings (SSSR count). The first-order valence-corrected chi connectivity index (χ1v) is 7.99. The third-order valence-corrected chi connectivity index (χ3v) is 4.16. The predicted molar refractivity (Wildman–Crippen MR) is 93.7 cm³/mol. The molecule has 26 heavy (non-hydrogen) atoms. The number of alkyl halides is 1. The van der Waals surface area contributed by atoms with Gasteiger partial charge in [0.05, 0.1) is 5.94 Å². The number of para-hydroxylation sites is 1. The van der Waals surface area contributed by atoms with E-state index in [0.717, 1.165) is 0 Å². The second kappa shape index (κ2) is 8.66. The van der Waals surface area contributed by atoms with Crippen molar-refractivity contribution in [3.05, 3.63) is 59.4 Å². The minimum atomic E-state index is -1.95. The van der Waals surface area contributed by atoms with Gasteiger partial charge in [0.15, 0.2) is 0 Å². The largest absolute Gasteiger partial charge is 0.507 e. The molecule has 2 aromatic rings. The number of pyridine rings is 1. The summed E-state index contributed by atoms with van der Waals surface area (Å²) in [4.78, 5) is 27.2. The van der Waals surface area contributed by atoms with Crippen molar-refractivity contribution in [3.63, 3.8) is 0 Å². The van der Waals surface area contributed by atoms with E-state index in [0.29, 0.717) is 5.56 Å². The van der Waals surface area contributed by atoms with Gasteiger partial charge in [-0.3, -0.25) is 9.78 Å². The Balaban J connectivity index is 2.16. The summed E-state index contributed by atoms with van der Waals surface area (Å²) in [6.07, 6.45) is 2.72. The van der Waals surface area contributed by atoms with Gasteiger partial charge in [-0.15, -0.1) is 11.6 Å². The van der Waals surface area contributed by atoms with Crippen molar-refractivity contribution in [2.75, 3.05) is 0 Å². The van der Waals surface area contributed by atoms with E-state index in [1.165, 1.54) is 30.6 Å². The van der Waals surface area contributed by atoms with E-state index in [4.69, 9.17) is 16.7 Å². The molecule has 2 unspecified atom stereocenters. The van der Waals surface area contributed by atoms with Gasteiger partial charge < -0.3 is 25.6 Å². The van der Waals surface area contributed by atoms with Crippen LogP contribution in [0.4, 0.5) is 0 Å². The van der Waals surface area contributed by atoms with E-state index in [1.54, 1.807) is 12.1 Å². The van der Waals surface area contributed by atoms with Crippen LogP contribution in [0.1, 0.15) is 26.9 Å². The Bertz CT molecular complexity index is 790.